The second kappa shape index (κ2) is 7.62. The minimum atomic E-state index is 0.228. The van der Waals surface area contributed by atoms with Crippen LogP contribution in [0.3, 0.4) is 0 Å². The minimum absolute atomic E-state index is 0.228. The van der Waals surface area contributed by atoms with Crippen LogP contribution in [0.1, 0.15) is 32.4 Å². The van der Waals surface area contributed by atoms with Crippen LogP contribution < -0.4 is 10.1 Å². The molecule has 1 aliphatic heterocycles. The highest BCUT2D eigenvalue weighted by atomic mass is 32.2. The van der Waals surface area contributed by atoms with E-state index in [0.29, 0.717) is 16.5 Å². The smallest absolute Gasteiger partial charge is 0.119 e. The molecule has 0 bridgehead atoms. The number of rotatable bonds is 5. The Morgan fingerprint density at radius 2 is 1.80 bits per heavy atom. The molecule has 2 rings (SSSR count). The molecule has 20 heavy (non-hydrogen) atoms. The molecule has 1 fully saturated rings. The molecular formula is C16H25NOS2. The van der Waals surface area contributed by atoms with E-state index in [1.54, 1.807) is 0 Å². The summed E-state index contributed by atoms with van der Waals surface area (Å²) in [5, 5.41) is 4.83. The molecular weight excluding hydrogens is 286 g/mol. The predicted molar refractivity (Wildman–Crippen MR) is 92.2 cm³/mol. The first-order valence-corrected chi connectivity index (χ1v) is 9.38. The molecule has 0 saturated carbocycles. The topological polar surface area (TPSA) is 21.3 Å². The van der Waals surface area contributed by atoms with Gasteiger partial charge in [-0.05, 0) is 38.6 Å². The number of thioether (sulfide) groups is 2. The Kier molecular flexibility index (Phi) is 6.12. The lowest BCUT2D eigenvalue weighted by molar-refractivity contribution is 0.242. The van der Waals surface area contributed by atoms with E-state index in [-0.39, 0.29) is 6.10 Å². The summed E-state index contributed by atoms with van der Waals surface area (Å²) in [7, 11) is 2.07. The summed E-state index contributed by atoms with van der Waals surface area (Å²) in [5.74, 6) is 3.49. The maximum Gasteiger partial charge on any atom is 0.119 e. The lowest BCUT2D eigenvalue weighted by Gasteiger charge is -2.34. The number of hydrogen-bond acceptors (Lipinski definition) is 4. The van der Waals surface area contributed by atoms with Crippen LogP contribution in [0.5, 0.6) is 5.75 Å². The van der Waals surface area contributed by atoms with Gasteiger partial charge >= 0.3 is 0 Å². The molecule has 1 aromatic rings. The molecule has 0 amide bonds. The van der Waals surface area contributed by atoms with Crippen molar-refractivity contribution in [2.75, 3.05) is 18.6 Å². The zero-order valence-corrected chi connectivity index (χ0v) is 14.4. The van der Waals surface area contributed by atoms with E-state index >= 15 is 0 Å². The number of hydrogen-bond donors (Lipinski definition) is 1. The van der Waals surface area contributed by atoms with E-state index in [2.05, 4.69) is 80.9 Å². The molecule has 2 nitrogen and oxygen atoms in total. The monoisotopic (exact) mass is 311 g/mol. The molecule has 0 radical (unpaired) electrons. The largest absolute Gasteiger partial charge is 0.491 e. The van der Waals surface area contributed by atoms with Crippen LogP contribution in [0.4, 0.5) is 0 Å². The molecule has 1 saturated heterocycles. The van der Waals surface area contributed by atoms with Gasteiger partial charge in [0.25, 0.3) is 0 Å². The van der Waals surface area contributed by atoms with Crippen molar-refractivity contribution in [1.82, 2.24) is 5.32 Å². The van der Waals surface area contributed by atoms with E-state index in [1.807, 2.05) is 0 Å². The first-order valence-electron chi connectivity index (χ1n) is 7.29. The normalized spacial score (nSPS) is 24.6. The molecule has 1 aliphatic rings. The Morgan fingerprint density at radius 1 is 1.15 bits per heavy atom. The van der Waals surface area contributed by atoms with Crippen LogP contribution in [0, 0.1) is 0 Å². The fourth-order valence-electron chi connectivity index (χ4n) is 2.56. The maximum absolute atomic E-state index is 5.72. The molecule has 3 atom stereocenters. The lowest BCUT2D eigenvalue weighted by atomic mass is 10.0. The van der Waals surface area contributed by atoms with Crippen LogP contribution in [0.2, 0.25) is 0 Å². The van der Waals surface area contributed by atoms with E-state index in [0.717, 1.165) is 5.75 Å². The van der Waals surface area contributed by atoms with Gasteiger partial charge in [0.05, 0.1) is 6.10 Å². The molecule has 3 unspecified atom stereocenters. The molecule has 1 N–H and O–H groups in total. The molecule has 0 aliphatic carbocycles. The predicted octanol–water partition coefficient (Wildman–Crippen LogP) is 3.97. The van der Waals surface area contributed by atoms with Crippen molar-refractivity contribution in [1.29, 1.82) is 0 Å². The fraction of sp³-hybridized carbons (Fsp3) is 0.625. The Bertz CT molecular complexity index is 407. The van der Waals surface area contributed by atoms with E-state index < -0.39 is 0 Å². The van der Waals surface area contributed by atoms with Gasteiger partial charge in [0.2, 0.25) is 0 Å². The number of ether oxygens (including phenoxy) is 1. The number of benzene rings is 1. The lowest BCUT2D eigenvalue weighted by Crippen LogP contribution is -2.36. The third-order valence-corrected chi connectivity index (χ3v) is 6.68. The molecule has 1 aromatic carbocycles. The maximum atomic E-state index is 5.72. The van der Waals surface area contributed by atoms with Gasteiger partial charge < -0.3 is 10.1 Å². The number of nitrogens with one attached hydrogen (secondary N) is 1. The van der Waals surface area contributed by atoms with Gasteiger partial charge in [-0.3, -0.25) is 0 Å². The van der Waals surface area contributed by atoms with Crippen molar-refractivity contribution in [3.8, 4) is 5.75 Å². The molecule has 0 spiro atoms. The van der Waals surface area contributed by atoms with Crippen molar-refractivity contribution >= 4 is 23.5 Å². The molecule has 112 valence electrons. The standard InChI is InChI=1S/C16H25NOS2/c1-11(2)18-14-7-5-13(6-8-14)15(17-4)16-12(3)19-9-10-20-16/h5-8,11-12,15-17H,9-10H2,1-4H3. The zero-order chi connectivity index (χ0) is 14.5. The third-order valence-electron chi connectivity index (χ3n) is 3.49. The summed E-state index contributed by atoms with van der Waals surface area (Å²) in [6, 6.07) is 8.99. The van der Waals surface area contributed by atoms with Crippen molar-refractivity contribution in [2.45, 2.75) is 43.4 Å². The van der Waals surface area contributed by atoms with E-state index in [4.69, 9.17) is 4.74 Å². The van der Waals surface area contributed by atoms with Crippen molar-refractivity contribution in [3.63, 3.8) is 0 Å². The van der Waals surface area contributed by atoms with Crippen LogP contribution in [-0.4, -0.2) is 35.2 Å². The van der Waals surface area contributed by atoms with Crippen LogP contribution in [-0.2, 0) is 0 Å². The van der Waals surface area contributed by atoms with E-state index in [9.17, 15) is 0 Å². The van der Waals surface area contributed by atoms with Gasteiger partial charge in [-0.2, -0.15) is 23.5 Å². The SMILES string of the molecule is CNC(c1ccc(OC(C)C)cc1)C1SCCSC1C. The quantitative estimate of drug-likeness (QED) is 0.888. The highest BCUT2D eigenvalue weighted by Gasteiger charge is 2.30. The second-order valence-corrected chi connectivity index (χ2v) is 8.18. The van der Waals surface area contributed by atoms with Gasteiger partial charge in [0, 0.05) is 28.0 Å². The Labute approximate surface area is 131 Å². The van der Waals surface area contributed by atoms with E-state index in [1.165, 1.54) is 17.1 Å². The Hall–Kier alpha value is -0.320. The Balaban J connectivity index is 2.10. The summed E-state index contributed by atoms with van der Waals surface area (Å²) in [6.45, 7) is 6.46. The van der Waals surface area contributed by atoms with Crippen LogP contribution >= 0.6 is 23.5 Å². The van der Waals surface area contributed by atoms with Crippen molar-refractivity contribution < 1.29 is 4.74 Å². The zero-order valence-electron chi connectivity index (χ0n) is 12.8. The first-order chi connectivity index (χ1) is 9.61. The molecule has 0 aromatic heterocycles. The second-order valence-electron chi connectivity index (χ2n) is 5.41. The van der Waals surface area contributed by atoms with Gasteiger partial charge in [0.1, 0.15) is 5.75 Å². The van der Waals surface area contributed by atoms with Crippen molar-refractivity contribution in [3.05, 3.63) is 29.8 Å². The minimum Gasteiger partial charge on any atom is -0.491 e. The fourth-order valence-corrected chi connectivity index (χ4v) is 5.55. The molecule has 4 heteroatoms. The Morgan fingerprint density at radius 3 is 2.35 bits per heavy atom. The van der Waals surface area contributed by atoms with Crippen LogP contribution in [0.25, 0.3) is 0 Å². The summed E-state index contributed by atoms with van der Waals surface area (Å²) >= 11 is 4.19. The molecule has 1 heterocycles. The highest BCUT2D eigenvalue weighted by Crippen LogP contribution is 2.38. The van der Waals surface area contributed by atoms with Gasteiger partial charge in [-0.15, -0.1) is 0 Å². The highest BCUT2D eigenvalue weighted by molar-refractivity contribution is 8.07. The van der Waals surface area contributed by atoms with Crippen LogP contribution in [0.15, 0.2) is 24.3 Å². The van der Waals surface area contributed by atoms with Gasteiger partial charge in [-0.1, -0.05) is 19.1 Å². The summed E-state index contributed by atoms with van der Waals surface area (Å²) in [6.07, 6.45) is 0.228. The average Bonchev–Trinajstić information content (AvgIpc) is 2.43. The average molecular weight is 312 g/mol. The van der Waals surface area contributed by atoms with Crippen molar-refractivity contribution in [2.24, 2.45) is 0 Å². The summed E-state index contributed by atoms with van der Waals surface area (Å²) < 4.78 is 5.72. The summed E-state index contributed by atoms with van der Waals surface area (Å²) in [4.78, 5) is 0. The first kappa shape index (κ1) is 16.1. The van der Waals surface area contributed by atoms with Gasteiger partial charge in [0.15, 0.2) is 0 Å². The van der Waals surface area contributed by atoms with Gasteiger partial charge in [-0.25, -0.2) is 0 Å². The third kappa shape index (κ3) is 4.09. The summed E-state index contributed by atoms with van der Waals surface area (Å²) in [5.41, 5.74) is 1.36.